The number of fused-ring (bicyclic) bond motifs is 7. The summed E-state index contributed by atoms with van der Waals surface area (Å²) in [4.78, 5) is 2.31. The molecule has 1 aliphatic rings. The summed E-state index contributed by atoms with van der Waals surface area (Å²) in [5.41, 5.74) is 11.9. The largest absolute Gasteiger partial charge is 0.453 e. The van der Waals surface area contributed by atoms with Gasteiger partial charge in [-0.15, -0.1) is 0 Å². The quantitative estimate of drug-likeness (QED) is 0.237. The van der Waals surface area contributed by atoms with E-state index < -0.39 is 0 Å². The average Bonchev–Trinajstić information content (AvgIpc) is 3.49. The van der Waals surface area contributed by atoms with Crippen LogP contribution < -0.4 is 4.90 Å². The predicted octanol–water partition coefficient (Wildman–Crippen LogP) is 10.5. The van der Waals surface area contributed by atoms with E-state index >= 15 is 0 Å². The number of rotatable bonds is 5. The molecule has 2 nitrogen and oxygen atoms in total. The Morgan fingerprint density at radius 3 is 2.05 bits per heavy atom. The lowest BCUT2D eigenvalue weighted by molar-refractivity contribution is 0.486. The standard InChI is InChI=1S/C36H31NO/c1-4-36(5-2)31-16-10-9-14-27(31)28-22-23-30-29-15-11-17-32(34(29)38-35(30)33(28)36)37(25-12-7-6-8-13-25)26-20-18-24(3)19-21-26/h6-23H,4-5H2,1-3H3. The highest BCUT2D eigenvalue weighted by Crippen LogP contribution is 2.56. The lowest BCUT2D eigenvalue weighted by atomic mass is 9.73. The highest BCUT2D eigenvalue weighted by atomic mass is 16.3. The number of furan rings is 1. The molecule has 2 heteroatoms. The minimum Gasteiger partial charge on any atom is -0.453 e. The summed E-state index contributed by atoms with van der Waals surface area (Å²) in [5, 5.41) is 2.35. The molecule has 0 bridgehead atoms. The zero-order valence-corrected chi connectivity index (χ0v) is 22.2. The van der Waals surface area contributed by atoms with Crippen LogP contribution in [0, 0.1) is 6.92 Å². The molecule has 0 spiro atoms. The number of aryl methyl sites for hydroxylation is 1. The zero-order chi connectivity index (χ0) is 25.9. The third kappa shape index (κ3) is 3.13. The van der Waals surface area contributed by atoms with Gasteiger partial charge in [-0.25, -0.2) is 0 Å². The first-order valence-corrected chi connectivity index (χ1v) is 13.7. The molecule has 0 radical (unpaired) electrons. The second-order valence-electron chi connectivity index (χ2n) is 10.5. The van der Waals surface area contributed by atoms with Crippen LogP contribution in [0.3, 0.4) is 0 Å². The maximum absolute atomic E-state index is 7.02. The van der Waals surface area contributed by atoms with Crippen LogP contribution in [-0.4, -0.2) is 0 Å². The van der Waals surface area contributed by atoms with Crippen LogP contribution in [0.5, 0.6) is 0 Å². The van der Waals surface area contributed by atoms with Crippen molar-refractivity contribution >= 4 is 39.0 Å². The van der Waals surface area contributed by atoms with Crippen molar-refractivity contribution < 1.29 is 4.42 Å². The molecule has 0 aliphatic heterocycles. The van der Waals surface area contributed by atoms with Crippen LogP contribution in [0.2, 0.25) is 0 Å². The number of nitrogens with zero attached hydrogens (tertiary/aromatic N) is 1. The molecule has 0 fully saturated rings. The van der Waals surface area contributed by atoms with Crippen molar-refractivity contribution in [2.24, 2.45) is 0 Å². The molecule has 1 heterocycles. The zero-order valence-electron chi connectivity index (χ0n) is 22.2. The average molecular weight is 494 g/mol. The third-order valence-corrected chi connectivity index (χ3v) is 8.61. The van der Waals surface area contributed by atoms with Gasteiger partial charge in [0.1, 0.15) is 5.58 Å². The van der Waals surface area contributed by atoms with Crippen molar-refractivity contribution in [1.29, 1.82) is 0 Å². The van der Waals surface area contributed by atoms with Gasteiger partial charge < -0.3 is 9.32 Å². The summed E-state index contributed by atoms with van der Waals surface area (Å²) in [6, 6.07) is 39.4. The van der Waals surface area contributed by atoms with E-state index in [2.05, 4.69) is 135 Å². The Morgan fingerprint density at radius 2 is 1.29 bits per heavy atom. The summed E-state index contributed by atoms with van der Waals surface area (Å²) in [7, 11) is 0. The lowest BCUT2D eigenvalue weighted by Gasteiger charge is -2.29. The highest BCUT2D eigenvalue weighted by molar-refractivity contribution is 6.13. The molecule has 6 aromatic rings. The van der Waals surface area contributed by atoms with Gasteiger partial charge in [-0.05, 0) is 72.9 Å². The third-order valence-electron chi connectivity index (χ3n) is 8.61. The SMILES string of the molecule is CCC1(CC)c2ccccc2-c2ccc3c(oc4c(N(c5ccccc5)c5ccc(C)cc5)cccc43)c21. The van der Waals surface area contributed by atoms with E-state index in [-0.39, 0.29) is 5.41 Å². The summed E-state index contributed by atoms with van der Waals surface area (Å²) in [6.45, 7) is 6.76. The van der Waals surface area contributed by atoms with Gasteiger partial charge >= 0.3 is 0 Å². The molecule has 5 aromatic carbocycles. The topological polar surface area (TPSA) is 16.4 Å². The van der Waals surface area contributed by atoms with Crippen LogP contribution in [0.25, 0.3) is 33.1 Å². The summed E-state index contributed by atoms with van der Waals surface area (Å²) in [5.74, 6) is 0. The van der Waals surface area contributed by atoms with Gasteiger partial charge in [0, 0.05) is 33.1 Å². The van der Waals surface area contributed by atoms with Gasteiger partial charge in [0.05, 0.1) is 5.69 Å². The normalized spacial score (nSPS) is 13.6. The van der Waals surface area contributed by atoms with Crippen LogP contribution in [0.1, 0.15) is 43.4 Å². The Bertz CT molecular complexity index is 1790. The fourth-order valence-electron chi connectivity index (χ4n) is 6.68. The molecule has 0 saturated carbocycles. The number of hydrogen-bond acceptors (Lipinski definition) is 2. The molecular formula is C36H31NO. The number of benzene rings is 5. The van der Waals surface area contributed by atoms with Crippen molar-refractivity contribution in [2.75, 3.05) is 4.90 Å². The van der Waals surface area contributed by atoms with E-state index in [1.807, 2.05) is 0 Å². The highest BCUT2D eigenvalue weighted by Gasteiger charge is 2.43. The van der Waals surface area contributed by atoms with Gasteiger partial charge in [-0.3, -0.25) is 0 Å². The predicted molar refractivity (Wildman–Crippen MR) is 160 cm³/mol. The van der Waals surface area contributed by atoms with Gasteiger partial charge in [0.15, 0.2) is 5.58 Å². The van der Waals surface area contributed by atoms with Crippen LogP contribution in [0.15, 0.2) is 114 Å². The number of para-hydroxylation sites is 2. The van der Waals surface area contributed by atoms with Crippen LogP contribution in [0.4, 0.5) is 17.1 Å². The van der Waals surface area contributed by atoms with Gasteiger partial charge in [-0.1, -0.05) is 92.2 Å². The van der Waals surface area contributed by atoms with Crippen molar-refractivity contribution in [3.63, 3.8) is 0 Å². The minimum atomic E-state index is -0.0461. The molecule has 0 amide bonds. The molecule has 0 N–H and O–H groups in total. The van der Waals surface area contributed by atoms with Crippen molar-refractivity contribution in [1.82, 2.24) is 0 Å². The maximum Gasteiger partial charge on any atom is 0.159 e. The molecule has 1 aliphatic carbocycles. The second kappa shape index (κ2) is 8.63. The fraction of sp³-hybridized carbons (Fsp3) is 0.167. The Hall–Kier alpha value is -4.30. The Morgan fingerprint density at radius 1 is 0.605 bits per heavy atom. The second-order valence-corrected chi connectivity index (χ2v) is 10.5. The number of anilines is 3. The molecule has 7 rings (SSSR count). The van der Waals surface area contributed by atoms with Crippen molar-refractivity contribution in [2.45, 2.75) is 39.0 Å². The molecule has 38 heavy (non-hydrogen) atoms. The van der Waals surface area contributed by atoms with Crippen LogP contribution >= 0.6 is 0 Å². The monoisotopic (exact) mass is 493 g/mol. The number of hydrogen-bond donors (Lipinski definition) is 0. The van der Waals surface area contributed by atoms with Crippen LogP contribution in [-0.2, 0) is 5.41 Å². The van der Waals surface area contributed by atoms with Gasteiger partial charge in [0.25, 0.3) is 0 Å². The van der Waals surface area contributed by atoms with E-state index in [1.54, 1.807) is 0 Å². The molecule has 0 saturated heterocycles. The molecule has 186 valence electrons. The Balaban J connectivity index is 1.54. The molecule has 1 aromatic heterocycles. The lowest BCUT2D eigenvalue weighted by Crippen LogP contribution is -2.23. The first-order chi connectivity index (χ1) is 18.7. The smallest absolute Gasteiger partial charge is 0.159 e. The maximum atomic E-state index is 7.02. The summed E-state index contributed by atoms with van der Waals surface area (Å²) in [6.07, 6.45) is 2.08. The summed E-state index contributed by atoms with van der Waals surface area (Å²) >= 11 is 0. The van der Waals surface area contributed by atoms with Crippen molar-refractivity contribution in [3.05, 3.63) is 126 Å². The Kier molecular flexibility index (Phi) is 5.19. The van der Waals surface area contributed by atoms with E-state index in [0.29, 0.717) is 0 Å². The summed E-state index contributed by atoms with van der Waals surface area (Å²) < 4.78 is 7.02. The first-order valence-electron chi connectivity index (χ1n) is 13.7. The fourth-order valence-corrected chi connectivity index (χ4v) is 6.68. The van der Waals surface area contributed by atoms with Gasteiger partial charge in [0.2, 0.25) is 0 Å². The first kappa shape index (κ1) is 22.9. The minimum absolute atomic E-state index is 0.0461. The molecular weight excluding hydrogens is 462 g/mol. The molecule has 0 atom stereocenters. The van der Waals surface area contributed by atoms with E-state index in [1.165, 1.54) is 33.2 Å². The van der Waals surface area contributed by atoms with Gasteiger partial charge in [-0.2, -0.15) is 0 Å². The van der Waals surface area contributed by atoms with E-state index in [0.717, 1.165) is 46.5 Å². The molecule has 0 unspecified atom stereocenters. The van der Waals surface area contributed by atoms with E-state index in [9.17, 15) is 0 Å². The van der Waals surface area contributed by atoms with E-state index in [4.69, 9.17) is 4.42 Å². The Labute approximate surface area is 224 Å². The van der Waals surface area contributed by atoms with Crippen molar-refractivity contribution in [3.8, 4) is 11.1 Å².